The molecule has 1 aliphatic rings. The molecule has 1 aliphatic carbocycles. The van der Waals surface area contributed by atoms with Crippen LogP contribution in [0.25, 0.3) is 33.4 Å². The molecule has 0 aromatic heterocycles. The maximum atomic E-state index is 4.00. The lowest BCUT2D eigenvalue weighted by Crippen LogP contribution is -2.17. The Labute approximate surface area is 286 Å². The van der Waals surface area contributed by atoms with Crippen molar-refractivity contribution in [2.45, 2.75) is 33.1 Å². The van der Waals surface area contributed by atoms with Crippen molar-refractivity contribution in [2.24, 2.45) is 0 Å². The molecule has 0 unspecified atom stereocenters. The van der Waals surface area contributed by atoms with Crippen molar-refractivity contribution in [1.29, 1.82) is 0 Å². The van der Waals surface area contributed by atoms with E-state index in [1.807, 2.05) is 18.2 Å². The second kappa shape index (κ2) is 14.0. The molecule has 0 spiro atoms. The summed E-state index contributed by atoms with van der Waals surface area (Å²) in [5.74, 6) is 0. The number of hydrogen-bond donors (Lipinski definition) is 0. The third-order valence-electron chi connectivity index (χ3n) is 9.31. The zero-order valence-electron chi connectivity index (χ0n) is 28.4. The summed E-state index contributed by atoms with van der Waals surface area (Å²) in [5, 5.41) is 0. The molecule has 236 valence electrons. The number of anilines is 3. The van der Waals surface area contributed by atoms with Gasteiger partial charge < -0.3 is 4.90 Å². The summed E-state index contributed by atoms with van der Waals surface area (Å²) in [5.41, 5.74) is 15.4. The summed E-state index contributed by atoms with van der Waals surface area (Å²) in [4.78, 5) is 2.42. The molecule has 0 fully saturated rings. The Morgan fingerprint density at radius 2 is 1.31 bits per heavy atom. The van der Waals surface area contributed by atoms with Crippen molar-refractivity contribution in [3.05, 3.63) is 199 Å². The SMILES string of the molecule is C=C/C=C\C(=C/C)c1ccc(C(/C=C\C)=C/C=C)cc1N(c1ccc(-c2ccccc2)cc1)c1ccc2c(c1)C(C)(C)c1ccccc1-2. The van der Waals surface area contributed by atoms with Gasteiger partial charge in [0.2, 0.25) is 0 Å². The molecule has 0 heterocycles. The molecular formula is C47H43N. The average Bonchev–Trinajstić information content (AvgIpc) is 3.35. The number of benzene rings is 5. The van der Waals surface area contributed by atoms with Crippen LogP contribution in [-0.2, 0) is 5.41 Å². The van der Waals surface area contributed by atoms with Gasteiger partial charge in [0.25, 0.3) is 0 Å². The van der Waals surface area contributed by atoms with Gasteiger partial charge in [0.05, 0.1) is 5.69 Å². The van der Waals surface area contributed by atoms with Crippen molar-refractivity contribution in [1.82, 2.24) is 0 Å². The van der Waals surface area contributed by atoms with Crippen LogP contribution in [0.5, 0.6) is 0 Å². The molecule has 5 aromatic rings. The zero-order valence-corrected chi connectivity index (χ0v) is 28.4. The Kier molecular flexibility index (Phi) is 9.41. The largest absolute Gasteiger partial charge is 0.310 e. The van der Waals surface area contributed by atoms with Gasteiger partial charge in [-0.05, 0) is 94.3 Å². The summed E-state index contributed by atoms with van der Waals surface area (Å²) in [6, 6.07) is 42.1. The second-order valence-electron chi connectivity index (χ2n) is 12.6. The van der Waals surface area contributed by atoms with Gasteiger partial charge in [-0.15, -0.1) is 0 Å². The number of nitrogens with zero attached hydrogens (tertiary/aromatic N) is 1. The lowest BCUT2D eigenvalue weighted by Gasteiger charge is -2.30. The fourth-order valence-corrected chi connectivity index (χ4v) is 6.90. The quantitative estimate of drug-likeness (QED) is 0.140. The lowest BCUT2D eigenvalue weighted by molar-refractivity contribution is 0.660. The minimum absolute atomic E-state index is 0.123. The molecule has 0 saturated heterocycles. The minimum atomic E-state index is -0.123. The third-order valence-corrected chi connectivity index (χ3v) is 9.31. The van der Waals surface area contributed by atoms with Gasteiger partial charge in [-0.3, -0.25) is 0 Å². The van der Waals surface area contributed by atoms with Crippen LogP contribution in [0.2, 0.25) is 0 Å². The molecule has 5 aromatic carbocycles. The summed E-state index contributed by atoms with van der Waals surface area (Å²) < 4.78 is 0. The summed E-state index contributed by atoms with van der Waals surface area (Å²) in [6.07, 6.45) is 16.3. The van der Waals surface area contributed by atoms with E-state index in [9.17, 15) is 0 Å². The normalized spacial score (nSPS) is 13.8. The number of allylic oxidation sites excluding steroid dienone is 10. The van der Waals surface area contributed by atoms with Gasteiger partial charge in [0.1, 0.15) is 0 Å². The van der Waals surface area contributed by atoms with Gasteiger partial charge in [-0.1, -0.05) is 161 Å². The maximum absolute atomic E-state index is 4.00. The molecule has 6 rings (SSSR count). The van der Waals surface area contributed by atoms with Crippen LogP contribution >= 0.6 is 0 Å². The van der Waals surface area contributed by atoms with E-state index in [1.54, 1.807) is 0 Å². The fraction of sp³-hybridized carbons (Fsp3) is 0.106. The summed E-state index contributed by atoms with van der Waals surface area (Å²) >= 11 is 0. The molecule has 1 nitrogen and oxygen atoms in total. The molecule has 0 N–H and O–H groups in total. The van der Waals surface area contributed by atoms with E-state index in [0.717, 1.165) is 39.3 Å². The molecule has 48 heavy (non-hydrogen) atoms. The van der Waals surface area contributed by atoms with Gasteiger partial charge in [0.15, 0.2) is 0 Å². The Morgan fingerprint density at radius 1 is 0.625 bits per heavy atom. The van der Waals surface area contributed by atoms with E-state index < -0.39 is 0 Å². The highest BCUT2D eigenvalue weighted by Crippen LogP contribution is 2.51. The van der Waals surface area contributed by atoms with Gasteiger partial charge >= 0.3 is 0 Å². The first kappa shape index (κ1) is 32.3. The average molecular weight is 622 g/mol. The van der Waals surface area contributed by atoms with E-state index in [0.29, 0.717) is 0 Å². The monoisotopic (exact) mass is 621 g/mol. The van der Waals surface area contributed by atoms with Crippen LogP contribution in [0, 0.1) is 0 Å². The highest BCUT2D eigenvalue weighted by Gasteiger charge is 2.35. The van der Waals surface area contributed by atoms with E-state index >= 15 is 0 Å². The fourth-order valence-electron chi connectivity index (χ4n) is 6.90. The smallest absolute Gasteiger partial charge is 0.0546 e. The number of rotatable bonds is 10. The maximum Gasteiger partial charge on any atom is 0.0546 e. The Bertz CT molecular complexity index is 2080. The van der Waals surface area contributed by atoms with Gasteiger partial charge in [0, 0.05) is 22.4 Å². The second-order valence-corrected chi connectivity index (χ2v) is 12.6. The van der Waals surface area contributed by atoms with Crippen molar-refractivity contribution in [2.75, 3.05) is 4.90 Å². The first-order chi connectivity index (χ1) is 23.4. The molecule has 0 atom stereocenters. The van der Waals surface area contributed by atoms with Crippen LogP contribution in [0.1, 0.15) is 49.9 Å². The first-order valence-electron chi connectivity index (χ1n) is 16.7. The molecule has 0 saturated carbocycles. The predicted molar refractivity (Wildman–Crippen MR) is 210 cm³/mol. The van der Waals surface area contributed by atoms with Crippen molar-refractivity contribution in [3.8, 4) is 22.3 Å². The first-order valence-corrected chi connectivity index (χ1v) is 16.7. The Morgan fingerprint density at radius 3 is 2.02 bits per heavy atom. The molecule has 0 bridgehead atoms. The van der Waals surface area contributed by atoms with Crippen LogP contribution in [-0.4, -0.2) is 0 Å². The van der Waals surface area contributed by atoms with Crippen molar-refractivity contribution < 1.29 is 0 Å². The Hall–Kier alpha value is -5.66. The zero-order chi connectivity index (χ0) is 33.7. The van der Waals surface area contributed by atoms with Crippen LogP contribution in [0.15, 0.2) is 177 Å². The van der Waals surface area contributed by atoms with E-state index in [4.69, 9.17) is 0 Å². The number of fused-ring (bicyclic) bond motifs is 3. The van der Waals surface area contributed by atoms with Crippen LogP contribution in [0.3, 0.4) is 0 Å². The van der Waals surface area contributed by atoms with Gasteiger partial charge in [-0.2, -0.15) is 0 Å². The predicted octanol–water partition coefficient (Wildman–Crippen LogP) is 13.4. The summed E-state index contributed by atoms with van der Waals surface area (Å²) in [6.45, 7) is 16.8. The lowest BCUT2D eigenvalue weighted by atomic mass is 9.82. The van der Waals surface area contributed by atoms with Crippen molar-refractivity contribution in [3.63, 3.8) is 0 Å². The standard InChI is InChI=1S/C47H43N/c1-7-11-19-34(10-4)41-30-26-38(35(17-8-2)18-9-3)32-46(41)48(39-27-24-37(25-28-39)36-20-13-12-14-21-36)40-29-31-43-42-22-15-16-23-44(42)47(5,6)45(43)33-40/h7-33H,1-2H2,3-6H3/b18-9-,19-11-,34-10+,35-17+. The molecule has 0 aliphatic heterocycles. The highest BCUT2D eigenvalue weighted by atomic mass is 15.1. The molecule has 0 amide bonds. The topological polar surface area (TPSA) is 3.24 Å². The molecule has 0 radical (unpaired) electrons. The molecule has 1 heteroatoms. The van der Waals surface area contributed by atoms with E-state index in [1.165, 1.54) is 33.4 Å². The molecular weight excluding hydrogens is 579 g/mol. The number of hydrogen-bond acceptors (Lipinski definition) is 1. The van der Waals surface area contributed by atoms with Crippen molar-refractivity contribution >= 4 is 28.2 Å². The third kappa shape index (κ3) is 6.08. The van der Waals surface area contributed by atoms with Crippen LogP contribution in [0.4, 0.5) is 17.1 Å². The highest BCUT2D eigenvalue weighted by molar-refractivity contribution is 5.93. The minimum Gasteiger partial charge on any atom is -0.310 e. The van der Waals surface area contributed by atoms with Crippen LogP contribution < -0.4 is 4.90 Å². The van der Waals surface area contributed by atoms with E-state index in [-0.39, 0.29) is 5.41 Å². The van der Waals surface area contributed by atoms with Gasteiger partial charge in [-0.25, -0.2) is 0 Å². The summed E-state index contributed by atoms with van der Waals surface area (Å²) in [7, 11) is 0. The van der Waals surface area contributed by atoms with E-state index in [2.05, 4.69) is 191 Å². The Balaban J connectivity index is 1.62.